The maximum atomic E-state index is 9.52. The Morgan fingerprint density at radius 3 is 2.09 bits per heavy atom. The van der Waals surface area contributed by atoms with E-state index in [-0.39, 0.29) is 11.8 Å². The number of para-hydroxylation sites is 1. The van der Waals surface area contributed by atoms with Crippen molar-refractivity contribution in [3.8, 4) is 11.8 Å². The van der Waals surface area contributed by atoms with Crippen LogP contribution in [-0.2, 0) is 0 Å². The third kappa shape index (κ3) is 3.33. The summed E-state index contributed by atoms with van der Waals surface area (Å²) in [6, 6.07) is 26.7. The molecule has 1 unspecified atom stereocenters. The van der Waals surface area contributed by atoms with Crippen LogP contribution in [0.3, 0.4) is 0 Å². The van der Waals surface area contributed by atoms with Crippen LogP contribution < -0.4 is 5.32 Å². The van der Waals surface area contributed by atoms with E-state index in [1.54, 1.807) is 18.2 Å². The molecule has 0 aromatic heterocycles. The molecule has 0 heterocycles. The van der Waals surface area contributed by atoms with Crippen molar-refractivity contribution in [1.29, 1.82) is 5.26 Å². The standard InChI is InChI=1S/C20H16N2O/c21-14-17-8-4-5-9-19(17)22-20(15-6-2-1-3-7-15)16-10-12-18(23)13-11-16/h1-13,20,22-23H. The monoisotopic (exact) mass is 300 g/mol. The lowest BCUT2D eigenvalue weighted by Gasteiger charge is -2.22. The molecular formula is C20H16N2O. The highest BCUT2D eigenvalue weighted by molar-refractivity contribution is 5.59. The molecule has 0 aliphatic rings. The average Bonchev–Trinajstić information content (AvgIpc) is 2.61. The van der Waals surface area contributed by atoms with E-state index in [4.69, 9.17) is 0 Å². The third-order valence-electron chi connectivity index (χ3n) is 3.71. The van der Waals surface area contributed by atoms with E-state index >= 15 is 0 Å². The number of benzene rings is 3. The predicted molar refractivity (Wildman–Crippen MR) is 91.2 cm³/mol. The molecule has 2 N–H and O–H groups in total. The summed E-state index contributed by atoms with van der Waals surface area (Å²) in [6.45, 7) is 0. The van der Waals surface area contributed by atoms with Gasteiger partial charge >= 0.3 is 0 Å². The van der Waals surface area contributed by atoms with Gasteiger partial charge in [-0.1, -0.05) is 54.6 Å². The highest BCUT2D eigenvalue weighted by Gasteiger charge is 2.15. The lowest BCUT2D eigenvalue weighted by atomic mass is 9.98. The molecule has 0 fully saturated rings. The molecule has 0 amide bonds. The number of nitrogens with zero attached hydrogens (tertiary/aromatic N) is 1. The van der Waals surface area contributed by atoms with Crippen LogP contribution in [0, 0.1) is 11.3 Å². The largest absolute Gasteiger partial charge is 0.508 e. The molecule has 3 nitrogen and oxygen atoms in total. The molecule has 0 radical (unpaired) electrons. The summed E-state index contributed by atoms with van der Waals surface area (Å²) in [7, 11) is 0. The van der Waals surface area contributed by atoms with Crippen molar-refractivity contribution >= 4 is 5.69 Å². The van der Waals surface area contributed by atoms with Crippen molar-refractivity contribution in [1.82, 2.24) is 0 Å². The van der Waals surface area contributed by atoms with Crippen molar-refractivity contribution in [2.24, 2.45) is 0 Å². The molecule has 0 spiro atoms. The van der Waals surface area contributed by atoms with Crippen LogP contribution in [0.2, 0.25) is 0 Å². The van der Waals surface area contributed by atoms with E-state index in [1.807, 2.05) is 60.7 Å². The zero-order chi connectivity index (χ0) is 16.1. The lowest BCUT2D eigenvalue weighted by molar-refractivity contribution is 0.475. The zero-order valence-electron chi connectivity index (χ0n) is 12.5. The van der Waals surface area contributed by atoms with Gasteiger partial charge in [-0.2, -0.15) is 5.26 Å². The molecule has 0 aliphatic carbocycles. The number of hydrogen-bond acceptors (Lipinski definition) is 3. The first-order valence-electron chi connectivity index (χ1n) is 7.37. The second kappa shape index (κ2) is 6.67. The number of phenols is 1. The molecule has 3 aromatic carbocycles. The maximum absolute atomic E-state index is 9.52. The van der Waals surface area contributed by atoms with Gasteiger partial charge in [0.05, 0.1) is 17.3 Å². The summed E-state index contributed by atoms with van der Waals surface area (Å²) in [4.78, 5) is 0. The fourth-order valence-electron chi connectivity index (χ4n) is 2.53. The van der Waals surface area contributed by atoms with Crippen molar-refractivity contribution in [3.05, 3.63) is 95.6 Å². The van der Waals surface area contributed by atoms with E-state index in [0.29, 0.717) is 5.56 Å². The Balaban J connectivity index is 2.02. The lowest BCUT2D eigenvalue weighted by Crippen LogP contribution is -2.13. The maximum Gasteiger partial charge on any atom is 0.115 e. The van der Waals surface area contributed by atoms with Gasteiger partial charge in [0.15, 0.2) is 0 Å². The average molecular weight is 300 g/mol. The molecule has 3 aromatic rings. The van der Waals surface area contributed by atoms with Crippen molar-refractivity contribution in [3.63, 3.8) is 0 Å². The SMILES string of the molecule is N#Cc1ccccc1NC(c1ccccc1)c1ccc(O)cc1. The molecule has 112 valence electrons. The predicted octanol–water partition coefficient (Wildman–Crippen LogP) is 4.47. The molecule has 23 heavy (non-hydrogen) atoms. The Morgan fingerprint density at radius 2 is 1.39 bits per heavy atom. The Labute approximate surface area is 135 Å². The molecule has 3 heteroatoms. The van der Waals surface area contributed by atoms with E-state index in [9.17, 15) is 10.4 Å². The van der Waals surface area contributed by atoms with Gasteiger partial charge in [0.25, 0.3) is 0 Å². The second-order valence-corrected chi connectivity index (χ2v) is 5.24. The summed E-state index contributed by atoms with van der Waals surface area (Å²) < 4.78 is 0. The number of aromatic hydroxyl groups is 1. The first-order valence-corrected chi connectivity index (χ1v) is 7.37. The molecular weight excluding hydrogens is 284 g/mol. The van der Waals surface area contributed by atoms with Crippen LogP contribution in [-0.4, -0.2) is 5.11 Å². The number of nitriles is 1. The van der Waals surface area contributed by atoms with Crippen molar-refractivity contribution < 1.29 is 5.11 Å². The van der Waals surface area contributed by atoms with Crippen molar-refractivity contribution in [2.45, 2.75) is 6.04 Å². The highest BCUT2D eigenvalue weighted by atomic mass is 16.3. The van der Waals surface area contributed by atoms with Crippen LogP contribution in [0.5, 0.6) is 5.75 Å². The van der Waals surface area contributed by atoms with Crippen molar-refractivity contribution in [2.75, 3.05) is 5.32 Å². The normalized spacial score (nSPS) is 11.4. The Kier molecular flexibility index (Phi) is 4.26. The number of nitrogens with one attached hydrogen (secondary N) is 1. The van der Waals surface area contributed by atoms with Gasteiger partial charge < -0.3 is 10.4 Å². The van der Waals surface area contributed by atoms with E-state index < -0.39 is 0 Å². The third-order valence-corrected chi connectivity index (χ3v) is 3.71. The summed E-state index contributed by atoms with van der Waals surface area (Å²) in [5.41, 5.74) is 3.50. The first kappa shape index (κ1) is 14.7. The van der Waals surface area contributed by atoms with Gasteiger partial charge in [0.1, 0.15) is 11.8 Å². The molecule has 1 atom stereocenters. The van der Waals surface area contributed by atoms with Gasteiger partial charge in [-0.15, -0.1) is 0 Å². The van der Waals surface area contributed by atoms with Crippen LogP contribution in [0.15, 0.2) is 78.9 Å². The highest BCUT2D eigenvalue weighted by Crippen LogP contribution is 2.29. The van der Waals surface area contributed by atoms with Gasteiger partial charge in [0, 0.05) is 0 Å². The minimum Gasteiger partial charge on any atom is -0.508 e. The number of rotatable bonds is 4. The molecule has 0 aliphatic heterocycles. The van der Waals surface area contributed by atoms with E-state index in [1.165, 1.54) is 0 Å². The fraction of sp³-hybridized carbons (Fsp3) is 0.0500. The van der Waals surface area contributed by atoms with Gasteiger partial charge in [0.2, 0.25) is 0 Å². The topological polar surface area (TPSA) is 56.0 Å². The summed E-state index contributed by atoms with van der Waals surface area (Å²) in [6.07, 6.45) is 0. The first-order chi connectivity index (χ1) is 11.3. The molecule has 0 saturated heterocycles. The minimum atomic E-state index is -0.105. The molecule has 0 saturated carbocycles. The Hall–Kier alpha value is -3.25. The minimum absolute atomic E-state index is 0.105. The Bertz CT molecular complexity index is 820. The zero-order valence-corrected chi connectivity index (χ0v) is 12.5. The van der Waals surface area contributed by atoms with Gasteiger partial charge in [-0.25, -0.2) is 0 Å². The molecule has 3 rings (SSSR count). The number of anilines is 1. The van der Waals surface area contributed by atoms with Gasteiger partial charge in [-0.3, -0.25) is 0 Å². The smallest absolute Gasteiger partial charge is 0.115 e. The van der Waals surface area contributed by atoms with Crippen LogP contribution in [0.1, 0.15) is 22.7 Å². The van der Waals surface area contributed by atoms with E-state index in [0.717, 1.165) is 16.8 Å². The Morgan fingerprint density at radius 1 is 0.783 bits per heavy atom. The van der Waals surface area contributed by atoms with Gasteiger partial charge in [-0.05, 0) is 35.4 Å². The van der Waals surface area contributed by atoms with Crippen LogP contribution in [0.4, 0.5) is 5.69 Å². The van der Waals surface area contributed by atoms with Crippen LogP contribution >= 0.6 is 0 Å². The quantitative estimate of drug-likeness (QED) is 0.747. The number of phenolic OH excluding ortho intramolecular Hbond substituents is 1. The van der Waals surface area contributed by atoms with Crippen LogP contribution in [0.25, 0.3) is 0 Å². The summed E-state index contributed by atoms with van der Waals surface area (Å²) in [5, 5.41) is 22.2. The second-order valence-electron chi connectivity index (χ2n) is 5.24. The number of hydrogen-bond donors (Lipinski definition) is 2. The fourth-order valence-corrected chi connectivity index (χ4v) is 2.53. The summed E-state index contributed by atoms with van der Waals surface area (Å²) in [5.74, 6) is 0.234. The molecule has 0 bridgehead atoms. The summed E-state index contributed by atoms with van der Waals surface area (Å²) >= 11 is 0. The van der Waals surface area contributed by atoms with E-state index in [2.05, 4.69) is 11.4 Å².